The maximum absolute atomic E-state index is 11.0. The largest absolute Gasteiger partial charge is 0.466 e. The van der Waals surface area contributed by atoms with Gasteiger partial charge in [-0.25, -0.2) is 0 Å². The van der Waals surface area contributed by atoms with Gasteiger partial charge in [0, 0.05) is 13.2 Å². The van der Waals surface area contributed by atoms with Crippen LogP contribution in [0.1, 0.15) is 20.3 Å². The van der Waals surface area contributed by atoms with Crippen LogP contribution in [0.5, 0.6) is 0 Å². The Hall–Kier alpha value is -1.10. The lowest BCUT2D eigenvalue weighted by atomic mass is 10.4. The third kappa shape index (κ3) is 7.54. The van der Waals surface area contributed by atoms with E-state index in [0.29, 0.717) is 19.8 Å². The Kier molecular flexibility index (Phi) is 7.83. The Bertz CT molecular complexity index is 182. The van der Waals surface area contributed by atoms with Crippen molar-refractivity contribution in [3.63, 3.8) is 0 Å². The highest BCUT2D eigenvalue weighted by atomic mass is 16.5. The molecule has 0 saturated heterocycles. The molecular formula is C9H17NO4. The molecule has 0 aliphatic rings. The van der Waals surface area contributed by atoms with E-state index in [1.54, 1.807) is 6.92 Å². The summed E-state index contributed by atoms with van der Waals surface area (Å²) in [5, 5.41) is 2.54. The predicted octanol–water partition coefficient (Wildman–Crippen LogP) is 0.0923. The molecule has 0 aromatic carbocycles. The summed E-state index contributed by atoms with van der Waals surface area (Å²) in [6, 6.07) is 0. The van der Waals surface area contributed by atoms with E-state index in [4.69, 9.17) is 4.74 Å². The normalized spacial score (nSPS) is 9.57. The topological polar surface area (TPSA) is 64.6 Å². The molecule has 82 valence electrons. The zero-order valence-corrected chi connectivity index (χ0v) is 8.67. The summed E-state index contributed by atoms with van der Waals surface area (Å²) in [7, 11) is 0. The van der Waals surface area contributed by atoms with Gasteiger partial charge in [-0.15, -0.1) is 0 Å². The first-order valence-electron chi connectivity index (χ1n) is 4.70. The van der Waals surface area contributed by atoms with Crippen LogP contribution < -0.4 is 5.32 Å². The molecule has 14 heavy (non-hydrogen) atoms. The fraction of sp³-hybridized carbons (Fsp3) is 0.778. The van der Waals surface area contributed by atoms with E-state index in [2.05, 4.69) is 10.1 Å². The average molecular weight is 203 g/mol. The zero-order chi connectivity index (χ0) is 10.8. The summed E-state index contributed by atoms with van der Waals surface area (Å²) in [5.41, 5.74) is 0. The number of carbonyl (C=O) groups is 2. The quantitative estimate of drug-likeness (QED) is 0.596. The highest BCUT2D eigenvalue weighted by molar-refractivity contribution is 5.78. The van der Waals surface area contributed by atoms with E-state index in [0.717, 1.165) is 0 Å². The Morgan fingerprint density at radius 2 is 1.93 bits per heavy atom. The number of hydrogen-bond donors (Lipinski definition) is 1. The Morgan fingerprint density at radius 1 is 1.21 bits per heavy atom. The van der Waals surface area contributed by atoms with Crippen LogP contribution in [0.15, 0.2) is 0 Å². The highest BCUT2D eigenvalue weighted by Crippen LogP contribution is 1.84. The average Bonchev–Trinajstić information content (AvgIpc) is 2.15. The molecule has 0 saturated carbocycles. The van der Waals surface area contributed by atoms with Crippen LogP contribution in [0, 0.1) is 0 Å². The number of ether oxygens (including phenoxy) is 2. The highest BCUT2D eigenvalue weighted by Gasteiger charge is 2.03. The van der Waals surface area contributed by atoms with Crippen molar-refractivity contribution in [1.29, 1.82) is 0 Å². The SMILES string of the molecule is CCOCC(=O)NCCC(=O)OCC. The van der Waals surface area contributed by atoms with Gasteiger partial charge in [-0.05, 0) is 13.8 Å². The number of esters is 1. The third-order valence-electron chi connectivity index (χ3n) is 1.39. The number of rotatable bonds is 7. The van der Waals surface area contributed by atoms with Crippen molar-refractivity contribution >= 4 is 11.9 Å². The first-order chi connectivity index (χ1) is 6.70. The second-order valence-corrected chi connectivity index (χ2v) is 2.54. The van der Waals surface area contributed by atoms with Gasteiger partial charge in [-0.2, -0.15) is 0 Å². The summed E-state index contributed by atoms with van der Waals surface area (Å²) in [4.78, 5) is 21.8. The van der Waals surface area contributed by atoms with Gasteiger partial charge in [0.15, 0.2) is 0 Å². The third-order valence-corrected chi connectivity index (χ3v) is 1.39. The minimum Gasteiger partial charge on any atom is -0.466 e. The number of hydrogen-bond acceptors (Lipinski definition) is 4. The van der Waals surface area contributed by atoms with Gasteiger partial charge in [-0.1, -0.05) is 0 Å². The van der Waals surface area contributed by atoms with Crippen LogP contribution >= 0.6 is 0 Å². The molecule has 0 fully saturated rings. The van der Waals surface area contributed by atoms with Crippen molar-refractivity contribution in [2.45, 2.75) is 20.3 Å². The van der Waals surface area contributed by atoms with Crippen LogP contribution in [-0.2, 0) is 19.1 Å². The van der Waals surface area contributed by atoms with Gasteiger partial charge in [0.25, 0.3) is 0 Å². The van der Waals surface area contributed by atoms with Crippen molar-refractivity contribution in [2.75, 3.05) is 26.4 Å². The molecule has 5 heteroatoms. The number of carbonyl (C=O) groups excluding carboxylic acids is 2. The molecule has 0 bridgehead atoms. The standard InChI is InChI=1S/C9H17NO4/c1-3-13-7-8(11)10-6-5-9(12)14-4-2/h3-7H2,1-2H3,(H,10,11). The van der Waals surface area contributed by atoms with Crippen molar-refractivity contribution in [1.82, 2.24) is 5.32 Å². The minimum absolute atomic E-state index is 0.0410. The molecule has 0 aromatic rings. The second kappa shape index (κ2) is 8.50. The molecular weight excluding hydrogens is 186 g/mol. The predicted molar refractivity (Wildman–Crippen MR) is 50.8 cm³/mol. The van der Waals surface area contributed by atoms with Crippen molar-refractivity contribution in [3.8, 4) is 0 Å². The second-order valence-electron chi connectivity index (χ2n) is 2.54. The number of amides is 1. The van der Waals surface area contributed by atoms with E-state index in [-0.39, 0.29) is 24.9 Å². The van der Waals surface area contributed by atoms with Gasteiger partial charge in [0.2, 0.25) is 5.91 Å². The number of nitrogens with one attached hydrogen (secondary N) is 1. The molecule has 0 rings (SSSR count). The van der Waals surface area contributed by atoms with E-state index in [1.807, 2.05) is 6.92 Å². The van der Waals surface area contributed by atoms with E-state index in [9.17, 15) is 9.59 Å². The molecule has 0 aliphatic carbocycles. The van der Waals surface area contributed by atoms with Gasteiger partial charge in [0.05, 0.1) is 13.0 Å². The maximum atomic E-state index is 11.0. The fourth-order valence-electron chi connectivity index (χ4n) is 0.783. The van der Waals surface area contributed by atoms with E-state index in [1.165, 1.54) is 0 Å². The Morgan fingerprint density at radius 3 is 2.50 bits per heavy atom. The maximum Gasteiger partial charge on any atom is 0.307 e. The monoisotopic (exact) mass is 203 g/mol. The molecule has 1 amide bonds. The lowest BCUT2D eigenvalue weighted by molar-refractivity contribution is -0.143. The Balaban J connectivity index is 3.34. The smallest absolute Gasteiger partial charge is 0.307 e. The summed E-state index contributed by atoms with van der Waals surface area (Å²) >= 11 is 0. The molecule has 0 atom stereocenters. The van der Waals surface area contributed by atoms with E-state index >= 15 is 0 Å². The van der Waals surface area contributed by atoms with Gasteiger partial charge in [0.1, 0.15) is 6.61 Å². The lowest BCUT2D eigenvalue weighted by Gasteiger charge is -2.04. The van der Waals surface area contributed by atoms with E-state index < -0.39 is 0 Å². The van der Waals surface area contributed by atoms with Crippen LogP contribution in [-0.4, -0.2) is 38.2 Å². The van der Waals surface area contributed by atoms with Crippen molar-refractivity contribution in [2.24, 2.45) is 0 Å². The van der Waals surface area contributed by atoms with Crippen LogP contribution in [0.2, 0.25) is 0 Å². The van der Waals surface area contributed by atoms with Crippen LogP contribution in [0.4, 0.5) is 0 Å². The van der Waals surface area contributed by atoms with Crippen LogP contribution in [0.3, 0.4) is 0 Å². The fourth-order valence-corrected chi connectivity index (χ4v) is 0.783. The summed E-state index contributed by atoms with van der Waals surface area (Å²) in [5.74, 6) is -0.514. The molecule has 0 radical (unpaired) electrons. The molecule has 0 unspecified atom stereocenters. The van der Waals surface area contributed by atoms with Gasteiger partial charge in [-0.3, -0.25) is 9.59 Å². The van der Waals surface area contributed by atoms with Gasteiger partial charge >= 0.3 is 5.97 Å². The zero-order valence-electron chi connectivity index (χ0n) is 8.67. The summed E-state index contributed by atoms with van der Waals surface area (Å²) in [6.07, 6.45) is 0.200. The summed E-state index contributed by atoms with van der Waals surface area (Å²) < 4.78 is 9.56. The minimum atomic E-state index is -0.302. The molecule has 1 N–H and O–H groups in total. The van der Waals surface area contributed by atoms with Gasteiger partial charge < -0.3 is 14.8 Å². The lowest BCUT2D eigenvalue weighted by Crippen LogP contribution is -2.29. The first kappa shape index (κ1) is 12.9. The van der Waals surface area contributed by atoms with Crippen molar-refractivity contribution < 1.29 is 19.1 Å². The molecule has 0 aromatic heterocycles. The first-order valence-corrected chi connectivity index (χ1v) is 4.70. The molecule has 0 heterocycles. The molecule has 0 aliphatic heterocycles. The van der Waals surface area contributed by atoms with Crippen LogP contribution in [0.25, 0.3) is 0 Å². The molecule has 0 spiro atoms. The Labute approximate surface area is 83.8 Å². The van der Waals surface area contributed by atoms with Crippen molar-refractivity contribution in [3.05, 3.63) is 0 Å². The molecule has 5 nitrogen and oxygen atoms in total. The summed E-state index contributed by atoms with van der Waals surface area (Å²) in [6.45, 7) is 4.76.